The predicted molar refractivity (Wildman–Crippen MR) is 62.0 cm³/mol. The topological polar surface area (TPSA) is 43.4 Å². The van der Waals surface area contributed by atoms with Gasteiger partial charge in [0.2, 0.25) is 0 Å². The summed E-state index contributed by atoms with van der Waals surface area (Å²) >= 11 is -2.01. The van der Waals surface area contributed by atoms with E-state index in [-0.39, 0.29) is 0 Å². The van der Waals surface area contributed by atoms with E-state index in [9.17, 15) is 8.76 Å². The molecule has 90 valence electrons. The fourth-order valence-corrected chi connectivity index (χ4v) is 2.63. The first-order valence-electron chi connectivity index (χ1n) is 6.15. The van der Waals surface area contributed by atoms with E-state index in [1.165, 1.54) is 44.9 Å². The molecule has 0 aromatic rings. The van der Waals surface area contributed by atoms with E-state index >= 15 is 0 Å². The van der Waals surface area contributed by atoms with Crippen molar-refractivity contribution in [3.8, 4) is 0 Å². The standard InChI is InChI=1S/C11H23NO2S/c13-15(14)12-10-8-6-4-2-1-3-5-7-9-11-12/h1-11H2,(H,13,14)/p-1. The maximum atomic E-state index is 10.9. The third-order valence-electron chi connectivity index (χ3n) is 3.03. The Morgan fingerprint density at radius 2 is 1.07 bits per heavy atom. The number of hydrogen-bond acceptors (Lipinski definition) is 2. The van der Waals surface area contributed by atoms with E-state index < -0.39 is 11.3 Å². The van der Waals surface area contributed by atoms with E-state index in [2.05, 4.69) is 0 Å². The Kier molecular flexibility index (Phi) is 7.22. The molecule has 0 spiro atoms. The number of hydrogen-bond donors (Lipinski definition) is 0. The third-order valence-corrected chi connectivity index (χ3v) is 3.81. The van der Waals surface area contributed by atoms with Gasteiger partial charge >= 0.3 is 0 Å². The average molecular weight is 232 g/mol. The fourth-order valence-electron chi connectivity index (χ4n) is 2.07. The van der Waals surface area contributed by atoms with Crippen molar-refractivity contribution in [1.29, 1.82) is 0 Å². The average Bonchev–Trinajstić information content (AvgIpc) is 2.18. The molecule has 1 aliphatic heterocycles. The summed E-state index contributed by atoms with van der Waals surface area (Å²) in [5.41, 5.74) is 0. The summed E-state index contributed by atoms with van der Waals surface area (Å²) in [4.78, 5) is 0. The molecular weight excluding hydrogens is 210 g/mol. The van der Waals surface area contributed by atoms with E-state index in [0.717, 1.165) is 25.9 Å². The lowest BCUT2D eigenvalue weighted by atomic mass is 10.1. The molecule has 0 N–H and O–H groups in total. The van der Waals surface area contributed by atoms with E-state index in [1.807, 2.05) is 0 Å². The SMILES string of the molecule is O=S([O-])N1CCCCCCCCCCC1. The molecule has 1 rings (SSSR count). The lowest BCUT2D eigenvalue weighted by Crippen LogP contribution is -2.28. The summed E-state index contributed by atoms with van der Waals surface area (Å²) in [5.74, 6) is 0. The molecule has 1 atom stereocenters. The molecule has 0 aromatic heterocycles. The van der Waals surface area contributed by atoms with Gasteiger partial charge in [0, 0.05) is 24.4 Å². The van der Waals surface area contributed by atoms with Crippen LogP contribution in [0.1, 0.15) is 57.8 Å². The van der Waals surface area contributed by atoms with Gasteiger partial charge in [-0.3, -0.25) is 4.21 Å². The van der Waals surface area contributed by atoms with Gasteiger partial charge in [0.25, 0.3) is 0 Å². The van der Waals surface area contributed by atoms with Crippen molar-refractivity contribution in [3.63, 3.8) is 0 Å². The van der Waals surface area contributed by atoms with Crippen molar-refractivity contribution in [2.45, 2.75) is 57.8 Å². The largest absolute Gasteiger partial charge is 0.760 e. The molecule has 1 unspecified atom stereocenters. The molecule has 4 heteroatoms. The van der Waals surface area contributed by atoms with Gasteiger partial charge in [0.1, 0.15) is 0 Å². The van der Waals surface area contributed by atoms with E-state index in [0.29, 0.717) is 0 Å². The Bertz CT molecular complexity index is 175. The van der Waals surface area contributed by atoms with Crippen LogP contribution in [0.15, 0.2) is 0 Å². The summed E-state index contributed by atoms with van der Waals surface area (Å²) in [7, 11) is 0. The van der Waals surface area contributed by atoms with Crippen LogP contribution in [0.2, 0.25) is 0 Å². The minimum atomic E-state index is -2.01. The zero-order chi connectivity index (χ0) is 10.9. The van der Waals surface area contributed by atoms with Gasteiger partial charge in [0.05, 0.1) is 0 Å². The molecule has 1 fully saturated rings. The second-order valence-corrected chi connectivity index (χ2v) is 5.28. The summed E-state index contributed by atoms with van der Waals surface area (Å²) in [6.45, 7) is 1.44. The van der Waals surface area contributed by atoms with Gasteiger partial charge in [-0.15, -0.1) is 0 Å². The molecule has 1 aliphatic rings. The van der Waals surface area contributed by atoms with Gasteiger partial charge < -0.3 is 4.55 Å². The van der Waals surface area contributed by atoms with E-state index in [1.54, 1.807) is 4.31 Å². The molecule has 15 heavy (non-hydrogen) atoms. The molecule has 1 heterocycles. The van der Waals surface area contributed by atoms with Crippen LogP contribution in [0.3, 0.4) is 0 Å². The second kappa shape index (κ2) is 8.25. The quantitative estimate of drug-likeness (QED) is 0.652. The number of rotatable bonds is 1. The molecule has 0 radical (unpaired) electrons. The first-order valence-corrected chi connectivity index (χ1v) is 7.18. The summed E-state index contributed by atoms with van der Waals surface area (Å²) in [6, 6.07) is 0. The smallest absolute Gasteiger partial charge is 0.0209 e. The first-order chi connectivity index (χ1) is 7.30. The van der Waals surface area contributed by atoms with Gasteiger partial charge in [-0.1, -0.05) is 44.9 Å². The maximum Gasteiger partial charge on any atom is 0.0209 e. The Balaban J connectivity index is 2.28. The molecule has 3 nitrogen and oxygen atoms in total. The Morgan fingerprint density at radius 3 is 1.40 bits per heavy atom. The fraction of sp³-hybridized carbons (Fsp3) is 1.00. The maximum absolute atomic E-state index is 10.9. The lowest BCUT2D eigenvalue weighted by Gasteiger charge is -2.24. The van der Waals surface area contributed by atoms with Crippen molar-refractivity contribution < 1.29 is 8.76 Å². The summed E-state index contributed by atoms with van der Waals surface area (Å²) in [5, 5.41) is 0. The van der Waals surface area contributed by atoms with Gasteiger partial charge in [-0.2, -0.15) is 0 Å². The molecule has 1 saturated heterocycles. The Morgan fingerprint density at radius 1 is 0.733 bits per heavy atom. The normalized spacial score (nSPS) is 25.1. The van der Waals surface area contributed by atoms with Gasteiger partial charge in [0.15, 0.2) is 0 Å². The monoisotopic (exact) mass is 232 g/mol. The molecular formula is C11H22NO2S-. The zero-order valence-corrected chi connectivity index (χ0v) is 10.3. The van der Waals surface area contributed by atoms with Crippen LogP contribution in [0.5, 0.6) is 0 Å². The highest BCUT2D eigenvalue weighted by molar-refractivity contribution is 7.76. The highest BCUT2D eigenvalue weighted by Crippen LogP contribution is 2.12. The third kappa shape index (κ3) is 6.28. The van der Waals surface area contributed by atoms with Gasteiger partial charge in [-0.25, -0.2) is 4.31 Å². The summed E-state index contributed by atoms with van der Waals surface area (Å²) < 4.78 is 23.4. The van der Waals surface area contributed by atoms with Crippen LogP contribution in [0.4, 0.5) is 0 Å². The van der Waals surface area contributed by atoms with Crippen molar-refractivity contribution >= 4 is 11.3 Å². The van der Waals surface area contributed by atoms with Crippen molar-refractivity contribution in [2.24, 2.45) is 0 Å². The van der Waals surface area contributed by atoms with Crippen LogP contribution < -0.4 is 0 Å². The first kappa shape index (κ1) is 13.1. The number of nitrogens with zero attached hydrogens (tertiary/aromatic N) is 1. The minimum absolute atomic E-state index is 0.718. The Hall–Kier alpha value is 0.0700. The van der Waals surface area contributed by atoms with Crippen LogP contribution in [0.25, 0.3) is 0 Å². The van der Waals surface area contributed by atoms with Crippen molar-refractivity contribution in [3.05, 3.63) is 0 Å². The zero-order valence-electron chi connectivity index (χ0n) is 9.45. The highest BCUT2D eigenvalue weighted by Gasteiger charge is 2.05. The van der Waals surface area contributed by atoms with Crippen LogP contribution >= 0.6 is 0 Å². The summed E-state index contributed by atoms with van der Waals surface area (Å²) in [6.07, 6.45) is 10.9. The highest BCUT2D eigenvalue weighted by atomic mass is 32.2. The van der Waals surface area contributed by atoms with Gasteiger partial charge in [-0.05, 0) is 12.8 Å². The van der Waals surface area contributed by atoms with Crippen molar-refractivity contribution in [1.82, 2.24) is 4.31 Å². The lowest BCUT2D eigenvalue weighted by molar-refractivity contribution is 0.362. The second-order valence-electron chi connectivity index (χ2n) is 4.33. The Labute approximate surface area is 95.7 Å². The predicted octanol–water partition coefficient (Wildman–Crippen LogP) is 2.61. The molecule has 0 aromatic carbocycles. The molecule has 0 bridgehead atoms. The molecule has 0 amide bonds. The van der Waals surface area contributed by atoms with Crippen molar-refractivity contribution in [2.75, 3.05) is 13.1 Å². The van der Waals surface area contributed by atoms with Crippen LogP contribution in [-0.4, -0.2) is 26.2 Å². The molecule has 0 saturated carbocycles. The minimum Gasteiger partial charge on any atom is -0.760 e. The molecule has 0 aliphatic carbocycles. The van der Waals surface area contributed by atoms with Crippen LogP contribution in [-0.2, 0) is 11.3 Å². The van der Waals surface area contributed by atoms with E-state index in [4.69, 9.17) is 0 Å². The van der Waals surface area contributed by atoms with Crippen LogP contribution in [0, 0.1) is 0 Å².